The molecule has 0 radical (unpaired) electrons. The Kier molecular flexibility index (Phi) is 3.35. The summed E-state index contributed by atoms with van der Waals surface area (Å²) in [5.74, 6) is -0.390. The highest BCUT2D eigenvalue weighted by molar-refractivity contribution is 5.95. The van der Waals surface area contributed by atoms with Gasteiger partial charge in [-0.1, -0.05) is 18.2 Å². The number of nitriles is 1. The van der Waals surface area contributed by atoms with Gasteiger partial charge < -0.3 is 5.73 Å². The molecule has 0 atom stereocenters. The number of halogens is 1. The zero-order valence-electron chi connectivity index (χ0n) is 9.47. The first-order valence-corrected chi connectivity index (χ1v) is 5.28. The van der Waals surface area contributed by atoms with Crippen LogP contribution in [-0.2, 0) is 0 Å². The number of nitrogens with two attached hydrogens (primary N) is 1. The predicted octanol–water partition coefficient (Wildman–Crippen LogP) is 2.57. The third-order valence-electron chi connectivity index (χ3n) is 2.47. The summed E-state index contributed by atoms with van der Waals surface area (Å²) in [6.45, 7) is 0. The van der Waals surface area contributed by atoms with Gasteiger partial charge in [0.2, 0.25) is 0 Å². The minimum Gasteiger partial charge on any atom is -0.397 e. The van der Waals surface area contributed by atoms with Crippen molar-refractivity contribution < 1.29 is 4.39 Å². The van der Waals surface area contributed by atoms with Gasteiger partial charge in [-0.05, 0) is 18.2 Å². The number of allylic oxidation sites excluding steroid dienone is 1. The summed E-state index contributed by atoms with van der Waals surface area (Å²) in [5.41, 5.74) is 7.53. The van der Waals surface area contributed by atoms with Gasteiger partial charge in [0.1, 0.15) is 11.9 Å². The lowest BCUT2D eigenvalue weighted by atomic mass is 10.0. The second-order valence-corrected chi connectivity index (χ2v) is 3.65. The molecule has 18 heavy (non-hydrogen) atoms. The van der Waals surface area contributed by atoms with Crippen molar-refractivity contribution in [1.82, 2.24) is 4.98 Å². The predicted molar refractivity (Wildman–Crippen MR) is 67.3 cm³/mol. The minimum atomic E-state index is -0.390. The summed E-state index contributed by atoms with van der Waals surface area (Å²) >= 11 is 0. The average molecular weight is 239 g/mol. The number of hydrogen-bond acceptors (Lipinski definition) is 3. The minimum absolute atomic E-state index is 0.241. The smallest absolute Gasteiger partial charge is 0.123 e. The maximum absolute atomic E-state index is 13.1. The molecule has 2 rings (SSSR count). The zero-order chi connectivity index (χ0) is 13.0. The van der Waals surface area contributed by atoms with Crippen LogP contribution in [0.25, 0.3) is 11.3 Å². The van der Waals surface area contributed by atoms with Gasteiger partial charge >= 0.3 is 0 Å². The molecule has 0 aliphatic heterocycles. The average Bonchev–Trinajstić information content (AvgIpc) is 2.41. The number of aromatic nitrogens is 1. The monoisotopic (exact) mass is 239 g/mol. The van der Waals surface area contributed by atoms with Gasteiger partial charge in [0, 0.05) is 23.5 Å². The van der Waals surface area contributed by atoms with Crippen molar-refractivity contribution in [3.05, 3.63) is 65.7 Å². The first kappa shape index (κ1) is 11.8. The molecule has 1 aromatic carbocycles. The fourth-order valence-electron chi connectivity index (χ4n) is 1.59. The molecule has 0 unspecified atom stereocenters. The number of benzene rings is 1. The van der Waals surface area contributed by atoms with Crippen LogP contribution in [0.4, 0.5) is 4.39 Å². The molecular formula is C14H10FN3. The van der Waals surface area contributed by atoms with E-state index in [9.17, 15) is 9.65 Å². The van der Waals surface area contributed by atoms with E-state index in [0.29, 0.717) is 11.1 Å². The molecule has 2 N–H and O–H groups in total. The lowest BCUT2D eigenvalue weighted by Crippen LogP contribution is -2.01. The van der Waals surface area contributed by atoms with Crippen LogP contribution < -0.4 is 5.73 Å². The van der Waals surface area contributed by atoms with Crippen LogP contribution >= 0.6 is 0 Å². The number of rotatable bonds is 2. The highest BCUT2D eigenvalue weighted by Gasteiger charge is 2.08. The van der Waals surface area contributed by atoms with Crippen molar-refractivity contribution in [2.24, 2.45) is 5.73 Å². The Morgan fingerprint density at radius 1 is 1.22 bits per heavy atom. The van der Waals surface area contributed by atoms with Crippen LogP contribution in [0.15, 0.2) is 48.8 Å². The molecule has 3 nitrogen and oxygen atoms in total. The van der Waals surface area contributed by atoms with E-state index in [2.05, 4.69) is 4.98 Å². The van der Waals surface area contributed by atoms with E-state index in [-0.39, 0.29) is 17.1 Å². The van der Waals surface area contributed by atoms with E-state index >= 15 is 0 Å². The number of hydrogen-bond donors (Lipinski definition) is 1. The molecule has 88 valence electrons. The summed E-state index contributed by atoms with van der Waals surface area (Å²) < 4.78 is 13.1. The van der Waals surface area contributed by atoms with Crippen molar-refractivity contribution in [2.45, 2.75) is 0 Å². The highest BCUT2D eigenvalue weighted by Crippen LogP contribution is 2.21. The van der Waals surface area contributed by atoms with E-state index < -0.39 is 0 Å². The lowest BCUT2D eigenvalue weighted by molar-refractivity contribution is 0.627. The fraction of sp³-hybridized carbons (Fsp3) is 0. The first-order chi connectivity index (χ1) is 8.72. The van der Waals surface area contributed by atoms with E-state index in [1.54, 1.807) is 36.7 Å². The van der Waals surface area contributed by atoms with Crippen LogP contribution in [0.2, 0.25) is 0 Å². The Bertz CT molecular complexity index is 627. The van der Waals surface area contributed by atoms with Crippen molar-refractivity contribution in [2.75, 3.05) is 0 Å². The highest BCUT2D eigenvalue weighted by atomic mass is 19.1. The van der Waals surface area contributed by atoms with Crippen molar-refractivity contribution >= 4 is 11.3 Å². The molecule has 0 saturated carbocycles. The SMILES string of the molecule is N#C/C(=C(/N)c1cccc(F)c1)c1cccnc1. The maximum atomic E-state index is 13.1. The Balaban J connectivity index is 2.55. The summed E-state index contributed by atoms with van der Waals surface area (Å²) in [5, 5.41) is 9.17. The van der Waals surface area contributed by atoms with Gasteiger partial charge in [-0.2, -0.15) is 5.26 Å². The number of pyridine rings is 1. The summed E-state index contributed by atoms with van der Waals surface area (Å²) in [6.07, 6.45) is 3.15. The first-order valence-electron chi connectivity index (χ1n) is 5.28. The van der Waals surface area contributed by atoms with Crippen LogP contribution in [0.5, 0.6) is 0 Å². The van der Waals surface area contributed by atoms with E-state index in [1.807, 2.05) is 6.07 Å². The molecular weight excluding hydrogens is 229 g/mol. The van der Waals surface area contributed by atoms with E-state index in [1.165, 1.54) is 12.1 Å². The second-order valence-electron chi connectivity index (χ2n) is 3.65. The molecule has 0 saturated heterocycles. The van der Waals surface area contributed by atoms with Crippen LogP contribution in [0, 0.1) is 17.1 Å². The molecule has 0 aliphatic carbocycles. The summed E-state index contributed by atoms with van der Waals surface area (Å²) in [4.78, 5) is 3.93. The Hall–Kier alpha value is -2.67. The van der Waals surface area contributed by atoms with Gasteiger partial charge in [0.05, 0.1) is 11.3 Å². The van der Waals surface area contributed by atoms with Crippen LogP contribution in [0.1, 0.15) is 11.1 Å². The third-order valence-corrected chi connectivity index (χ3v) is 2.47. The quantitative estimate of drug-likeness (QED) is 0.819. The molecule has 0 aliphatic rings. The number of nitrogens with zero attached hydrogens (tertiary/aromatic N) is 2. The molecule has 0 amide bonds. The normalized spacial score (nSPS) is 11.6. The van der Waals surface area contributed by atoms with E-state index in [4.69, 9.17) is 5.73 Å². The Morgan fingerprint density at radius 3 is 2.61 bits per heavy atom. The molecule has 0 fully saturated rings. The zero-order valence-corrected chi connectivity index (χ0v) is 9.47. The van der Waals surface area contributed by atoms with Crippen LogP contribution in [-0.4, -0.2) is 4.98 Å². The summed E-state index contributed by atoms with van der Waals surface area (Å²) in [7, 11) is 0. The maximum Gasteiger partial charge on any atom is 0.123 e. The van der Waals surface area contributed by atoms with Crippen molar-refractivity contribution in [3.63, 3.8) is 0 Å². The topological polar surface area (TPSA) is 62.7 Å². The molecule has 1 heterocycles. The molecule has 4 heteroatoms. The second kappa shape index (κ2) is 5.11. The summed E-state index contributed by atoms with van der Waals surface area (Å²) in [6, 6.07) is 11.3. The fourth-order valence-corrected chi connectivity index (χ4v) is 1.59. The van der Waals surface area contributed by atoms with Crippen molar-refractivity contribution in [3.8, 4) is 6.07 Å². The van der Waals surface area contributed by atoms with Gasteiger partial charge in [-0.25, -0.2) is 4.39 Å². The van der Waals surface area contributed by atoms with Gasteiger partial charge in [0.15, 0.2) is 0 Å². The molecule has 0 bridgehead atoms. The van der Waals surface area contributed by atoms with Crippen molar-refractivity contribution in [1.29, 1.82) is 5.26 Å². The van der Waals surface area contributed by atoms with Gasteiger partial charge in [-0.3, -0.25) is 4.98 Å². The van der Waals surface area contributed by atoms with E-state index in [0.717, 1.165) is 0 Å². The Morgan fingerprint density at radius 2 is 2.00 bits per heavy atom. The molecule has 0 spiro atoms. The van der Waals surface area contributed by atoms with Gasteiger partial charge in [0.25, 0.3) is 0 Å². The largest absolute Gasteiger partial charge is 0.397 e. The lowest BCUT2D eigenvalue weighted by Gasteiger charge is -2.06. The molecule has 2 aromatic rings. The Labute approximate surface area is 104 Å². The molecule has 1 aromatic heterocycles. The van der Waals surface area contributed by atoms with Gasteiger partial charge in [-0.15, -0.1) is 0 Å². The third kappa shape index (κ3) is 2.36. The standard InChI is InChI=1S/C14H10FN3/c15-12-5-1-3-10(7-12)14(17)13(8-16)11-4-2-6-18-9-11/h1-7,9H,17H2/b14-13-. The van der Waals surface area contributed by atoms with Crippen LogP contribution in [0.3, 0.4) is 0 Å².